The molecule has 0 saturated heterocycles. The molecule has 2 aromatic rings. The number of hydrogen-bond acceptors (Lipinski definition) is 2. The summed E-state index contributed by atoms with van der Waals surface area (Å²) in [5.41, 5.74) is 2.97. The van der Waals surface area contributed by atoms with Crippen LogP contribution in [0.2, 0.25) is 0 Å². The highest BCUT2D eigenvalue weighted by Crippen LogP contribution is 2.17. The maximum atomic E-state index is 12.1. The molecule has 2 aromatic carbocycles. The van der Waals surface area contributed by atoms with Gasteiger partial charge in [-0.2, -0.15) is 0 Å². The maximum absolute atomic E-state index is 12.1. The zero-order chi connectivity index (χ0) is 15.9. The first-order valence-electron chi connectivity index (χ1n) is 7.62. The summed E-state index contributed by atoms with van der Waals surface area (Å²) in [5, 5.41) is 2.92. The van der Waals surface area contributed by atoms with Crippen LogP contribution >= 0.6 is 0 Å². The summed E-state index contributed by atoms with van der Waals surface area (Å²) < 4.78 is 5.63. The molecule has 0 atom stereocenters. The van der Waals surface area contributed by atoms with Gasteiger partial charge in [0.25, 0.3) is 0 Å². The number of hydrogen-bond donors (Lipinski definition) is 1. The summed E-state index contributed by atoms with van der Waals surface area (Å²) in [7, 11) is 0. The number of ether oxygens (including phenoxy) is 1. The van der Waals surface area contributed by atoms with Gasteiger partial charge in [0.05, 0.1) is 13.0 Å². The second-order valence-electron chi connectivity index (χ2n) is 5.88. The number of anilines is 1. The Labute approximate surface area is 132 Å². The van der Waals surface area contributed by atoms with Gasteiger partial charge < -0.3 is 10.1 Å². The van der Waals surface area contributed by atoms with E-state index in [2.05, 4.69) is 19.2 Å². The summed E-state index contributed by atoms with van der Waals surface area (Å²) >= 11 is 0. The smallest absolute Gasteiger partial charge is 0.228 e. The maximum Gasteiger partial charge on any atom is 0.228 e. The van der Waals surface area contributed by atoms with Crippen LogP contribution in [0.4, 0.5) is 5.69 Å². The average Bonchev–Trinajstić information content (AvgIpc) is 2.49. The molecule has 116 valence electrons. The highest BCUT2D eigenvalue weighted by atomic mass is 16.5. The van der Waals surface area contributed by atoms with E-state index in [1.54, 1.807) is 0 Å². The second-order valence-corrected chi connectivity index (χ2v) is 5.88. The van der Waals surface area contributed by atoms with Gasteiger partial charge >= 0.3 is 0 Å². The summed E-state index contributed by atoms with van der Waals surface area (Å²) in [6.07, 6.45) is 0.387. The van der Waals surface area contributed by atoms with E-state index in [1.807, 2.05) is 55.5 Å². The van der Waals surface area contributed by atoms with Gasteiger partial charge in [0, 0.05) is 5.69 Å². The van der Waals surface area contributed by atoms with Gasteiger partial charge in [0.15, 0.2) is 0 Å². The van der Waals surface area contributed by atoms with Gasteiger partial charge in [0.2, 0.25) is 5.91 Å². The van der Waals surface area contributed by atoms with Crippen LogP contribution in [0.1, 0.15) is 25.0 Å². The normalized spacial score (nSPS) is 10.5. The molecule has 0 aliphatic rings. The standard InChI is InChI=1S/C19H23NO2/c1-14(2)13-22-18-10-8-17(9-11-18)20-19(21)12-16-7-5-4-6-15(16)3/h4-11,14H,12-13H2,1-3H3,(H,20,21). The number of aryl methyl sites for hydroxylation is 1. The van der Waals surface area contributed by atoms with E-state index in [9.17, 15) is 4.79 Å². The summed E-state index contributed by atoms with van der Waals surface area (Å²) in [4.78, 5) is 12.1. The fourth-order valence-electron chi connectivity index (χ4n) is 2.08. The molecule has 3 heteroatoms. The number of benzene rings is 2. The molecule has 22 heavy (non-hydrogen) atoms. The molecule has 0 aromatic heterocycles. The quantitative estimate of drug-likeness (QED) is 0.867. The van der Waals surface area contributed by atoms with Crippen LogP contribution in [0.15, 0.2) is 48.5 Å². The van der Waals surface area contributed by atoms with Crippen LogP contribution in [0, 0.1) is 12.8 Å². The molecular formula is C19H23NO2. The van der Waals surface area contributed by atoms with E-state index in [0.29, 0.717) is 18.9 Å². The van der Waals surface area contributed by atoms with Crippen molar-refractivity contribution in [3.8, 4) is 5.75 Å². The van der Waals surface area contributed by atoms with Crippen LogP contribution in [-0.4, -0.2) is 12.5 Å². The monoisotopic (exact) mass is 297 g/mol. The Morgan fingerprint density at radius 2 is 1.77 bits per heavy atom. The Morgan fingerprint density at radius 3 is 2.41 bits per heavy atom. The van der Waals surface area contributed by atoms with E-state index >= 15 is 0 Å². The van der Waals surface area contributed by atoms with Crippen molar-refractivity contribution in [1.82, 2.24) is 0 Å². The van der Waals surface area contributed by atoms with Crippen molar-refractivity contribution in [2.75, 3.05) is 11.9 Å². The van der Waals surface area contributed by atoms with Gasteiger partial charge in [0.1, 0.15) is 5.75 Å². The van der Waals surface area contributed by atoms with Gasteiger partial charge in [-0.15, -0.1) is 0 Å². The molecule has 0 spiro atoms. The van der Waals surface area contributed by atoms with Gasteiger partial charge in [-0.05, 0) is 48.2 Å². The minimum atomic E-state index is -0.00912. The van der Waals surface area contributed by atoms with E-state index in [1.165, 1.54) is 0 Å². The van der Waals surface area contributed by atoms with Crippen molar-refractivity contribution < 1.29 is 9.53 Å². The van der Waals surface area contributed by atoms with Crippen molar-refractivity contribution in [3.05, 3.63) is 59.7 Å². The van der Waals surface area contributed by atoms with E-state index in [4.69, 9.17) is 4.74 Å². The fourth-order valence-corrected chi connectivity index (χ4v) is 2.08. The molecule has 0 aliphatic heterocycles. The lowest BCUT2D eigenvalue weighted by Crippen LogP contribution is -2.15. The molecule has 0 unspecified atom stereocenters. The summed E-state index contributed by atoms with van der Waals surface area (Å²) in [6.45, 7) is 6.93. The topological polar surface area (TPSA) is 38.3 Å². The summed E-state index contributed by atoms with van der Waals surface area (Å²) in [5.74, 6) is 1.31. The minimum Gasteiger partial charge on any atom is -0.493 e. The molecule has 3 nitrogen and oxygen atoms in total. The van der Waals surface area contributed by atoms with Crippen LogP contribution in [0.25, 0.3) is 0 Å². The third-order valence-electron chi connectivity index (χ3n) is 3.33. The third kappa shape index (κ3) is 4.92. The Kier molecular flexibility index (Phi) is 5.59. The molecule has 1 N–H and O–H groups in total. The SMILES string of the molecule is Cc1ccccc1CC(=O)Nc1ccc(OCC(C)C)cc1. The fraction of sp³-hybridized carbons (Fsp3) is 0.316. The number of carbonyl (C=O) groups excluding carboxylic acids is 1. The predicted molar refractivity (Wildman–Crippen MR) is 90.3 cm³/mol. The van der Waals surface area contributed by atoms with Gasteiger partial charge in [-0.1, -0.05) is 38.1 Å². The van der Waals surface area contributed by atoms with Crippen molar-refractivity contribution in [2.24, 2.45) is 5.92 Å². The molecule has 0 saturated carbocycles. The lowest BCUT2D eigenvalue weighted by molar-refractivity contribution is -0.115. The zero-order valence-corrected chi connectivity index (χ0v) is 13.4. The Morgan fingerprint density at radius 1 is 1.09 bits per heavy atom. The van der Waals surface area contributed by atoms with E-state index in [-0.39, 0.29) is 5.91 Å². The Bertz CT molecular complexity index is 618. The van der Waals surface area contributed by atoms with Crippen LogP contribution in [0.3, 0.4) is 0 Å². The molecule has 0 heterocycles. The molecule has 0 aliphatic carbocycles. The third-order valence-corrected chi connectivity index (χ3v) is 3.33. The second kappa shape index (κ2) is 7.64. The van der Waals surface area contributed by atoms with Gasteiger partial charge in [-0.3, -0.25) is 4.79 Å². The zero-order valence-electron chi connectivity index (χ0n) is 13.4. The molecule has 0 bridgehead atoms. The first-order valence-corrected chi connectivity index (χ1v) is 7.62. The van der Waals surface area contributed by atoms with Crippen molar-refractivity contribution in [2.45, 2.75) is 27.2 Å². The first-order chi connectivity index (χ1) is 10.5. The first kappa shape index (κ1) is 16.1. The minimum absolute atomic E-state index is 0.00912. The molecule has 0 fully saturated rings. The molecule has 2 rings (SSSR count). The molecule has 0 radical (unpaired) electrons. The van der Waals surface area contributed by atoms with Gasteiger partial charge in [-0.25, -0.2) is 0 Å². The number of rotatable bonds is 6. The number of carbonyl (C=O) groups is 1. The summed E-state index contributed by atoms with van der Waals surface area (Å²) in [6, 6.07) is 15.4. The molecule has 1 amide bonds. The number of nitrogens with one attached hydrogen (secondary N) is 1. The number of amides is 1. The Balaban J connectivity index is 1.90. The molecular weight excluding hydrogens is 274 g/mol. The largest absolute Gasteiger partial charge is 0.493 e. The van der Waals surface area contributed by atoms with Crippen molar-refractivity contribution >= 4 is 11.6 Å². The predicted octanol–water partition coefficient (Wildman–Crippen LogP) is 4.21. The highest BCUT2D eigenvalue weighted by Gasteiger charge is 2.06. The van der Waals surface area contributed by atoms with Crippen molar-refractivity contribution in [1.29, 1.82) is 0 Å². The highest BCUT2D eigenvalue weighted by molar-refractivity contribution is 5.92. The van der Waals surface area contributed by atoms with Crippen LogP contribution < -0.4 is 10.1 Å². The lowest BCUT2D eigenvalue weighted by Gasteiger charge is -2.10. The van der Waals surface area contributed by atoms with Crippen LogP contribution in [0.5, 0.6) is 5.75 Å². The van der Waals surface area contributed by atoms with Crippen LogP contribution in [-0.2, 0) is 11.2 Å². The average molecular weight is 297 g/mol. The van der Waals surface area contributed by atoms with E-state index < -0.39 is 0 Å². The lowest BCUT2D eigenvalue weighted by atomic mass is 10.1. The van der Waals surface area contributed by atoms with Crippen molar-refractivity contribution in [3.63, 3.8) is 0 Å². The van der Waals surface area contributed by atoms with E-state index in [0.717, 1.165) is 22.6 Å². The Hall–Kier alpha value is -2.29.